The number of nitrogens with one attached hydrogen (secondary N) is 1. The fourth-order valence-electron chi connectivity index (χ4n) is 1.57. The molecule has 0 bridgehead atoms. The van der Waals surface area contributed by atoms with Gasteiger partial charge in [-0.1, -0.05) is 41.5 Å². The molecule has 0 amide bonds. The number of benzene rings is 1. The minimum absolute atomic E-state index is 0.422. The smallest absolute Gasteiger partial charge is 0.161 e. The van der Waals surface area contributed by atoms with Gasteiger partial charge in [0.2, 0.25) is 0 Å². The van der Waals surface area contributed by atoms with Gasteiger partial charge in [0.05, 0.1) is 11.7 Å². The Morgan fingerprint density at radius 3 is 2.39 bits per heavy atom. The predicted molar refractivity (Wildman–Crippen MR) is 91.7 cm³/mol. The molecule has 1 aromatic rings. The van der Waals surface area contributed by atoms with Crippen LogP contribution in [0, 0.1) is 5.92 Å². The third-order valence-corrected chi connectivity index (χ3v) is 5.38. The maximum Gasteiger partial charge on any atom is 0.161 e. The number of rotatable bonds is 2. The van der Waals surface area contributed by atoms with E-state index in [2.05, 4.69) is 67.0 Å². The number of hydrogen-bond acceptors (Lipinski definition) is 3. The summed E-state index contributed by atoms with van der Waals surface area (Å²) in [7, 11) is 0. The number of anilines is 1. The van der Waals surface area contributed by atoms with Crippen molar-refractivity contribution < 1.29 is 0 Å². The average molecular weight is 457 g/mol. The molecule has 1 atom stereocenters. The Morgan fingerprint density at radius 2 is 1.89 bits per heavy atom. The van der Waals surface area contributed by atoms with Crippen molar-refractivity contribution in [3.63, 3.8) is 0 Å². The highest BCUT2D eigenvalue weighted by Crippen LogP contribution is 2.36. The SMILES string of the molecule is CC(C)C1CSC(Nc2c(Br)cc(Br)cc2Br)=N1. The zero-order chi connectivity index (χ0) is 13.3. The molecule has 0 saturated heterocycles. The van der Waals surface area contributed by atoms with Crippen molar-refractivity contribution in [1.82, 2.24) is 0 Å². The summed E-state index contributed by atoms with van der Waals surface area (Å²) in [5.41, 5.74) is 1.02. The van der Waals surface area contributed by atoms with E-state index in [1.54, 1.807) is 11.8 Å². The van der Waals surface area contributed by atoms with Crippen LogP contribution < -0.4 is 5.32 Å². The lowest BCUT2D eigenvalue weighted by Crippen LogP contribution is -2.12. The molecule has 98 valence electrons. The summed E-state index contributed by atoms with van der Waals surface area (Å²) in [6.45, 7) is 4.42. The molecular weight excluding hydrogens is 444 g/mol. The van der Waals surface area contributed by atoms with Gasteiger partial charge in [0.1, 0.15) is 0 Å². The van der Waals surface area contributed by atoms with Crippen LogP contribution in [-0.2, 0) is 0 Å². The molecule has 2 rings (SSSR count). The van der Waals surface area contributed by atoms with Gasteiger partial charge in [-0.25, -0.2) is 0 Å². The van der Waals surface area contributed by atoms with Gasteiger partial charge in [-0.3, -0.25) is 4.99 Å². The molecule has 1 aromatic carbocycles. The van der Waals surface area contributed by atoms with Gasteiger partial charge in [-0.15, -0.1) is 0 Å². The predicted octanol–water partition coefficient (Wildman–Crippen LogP) is 5.51. The maximum atomic E-state index is 4.70. The third-order valence-electron chi connectivity index (χ3n) is 2.68. The summed E-state index contributed by atoms with van der Waals surface area (Å²) in [6, 6.07) is 4.46. The molecule has 2 nitrogen and oxygen atoms in total. The van der Waals surface area contributed by atoms with Gasteiger partial charge in [-0.2, -0.15) is 0 Å². The second-order valence-corrected chi connectivity index (χ2v) is 8.06. The Balaban J connectivity index is 2.18. The van der Waals surface area contributed by atoms with Crippen molar-refractivity contribution in [2.24, 2.45) is 10.9 Å². The number of nitrogens with zero attached hydrogens (tertiary/aromatic N) is 1. The number of halogens is 3. The van der Waals surface area contributed by atoms with Crippen molar-refractivity contribution >= 4 is 70.4 Å². The zero-order valence-electron chi connectivity index (χ0n) is 10.0. The van der Waals surface area contributed by atoms with Crippen LogP contribution in [0.3, 0.4) is 0 Å². The van der Waals surface area contributed by atoms with Crippen LogP contribution >= 0.6 is 59.6 Å². The van der Waals surface area contributed by atoms with Gasteiger partial charge >= 0.3 is 0 Å². The van der Waals surface area contributed by atoms with Crippen LogP contribution in [0.25, 0.3) is 0 Å². The van der Waals surface area contributed by atoms with Crippen LogP contribution in [0.1, 0.15) is 13.8 Å². The standard InChI is InChI=1S/C12H13Br3N2S/c1-6(2)10-5-18-12(16-10)17-11-8(14)3-7(13)4-9(11)15/h3-4,6,10H,5H2,1-2H3,(H,16,17). The molecule has 0 fully saturated rings. The summed E-state index contributed by atoms with van der Waals surface area (Å²) >= 11 is 12.4. The van der Waals surface area contributed by atoms with E-state index in [9.17, 15) is 0 Å². The molecule has 1 heterocycles. The second-order valence-electron chi connectivity index (χ2n) is 4.43. The first-order valence-electron chi connectivity index (χ1n) is 5.59. The van der Waals surface area contributed by atoms with Crippen LogP contribution in [0.4, 0.5) is 5.69 Å². The number of thioether (sulfide) groups is 1. The summed E-state index contributed by atoms with van der Waals surface area (Å²) in [5, 5.41) is 4.39. The lowest BCUT2D eigenvalue weighted by molar-refractivity contribution is 0.543. The number of aliphatic imine (C=N–C) groups is 1. The monoisotopic (exact) mass is 454 g/mol. The Labute approximate surface area is 137 Å². The van der Waals surface area contributed by atoms with Crippen molar-refractivity contribution in [2.75, 3.05) is 11.1 Å². The quantitative estimate of drug-likeness (QED) is 0.634. The van der Waals surface area contributed by atoms with Gasteiger partial charge in [0.15, 0.2) is 5.17 Å². The van der Waals surface area contributed by atoms with E-state index in [-0.39, 0.29) is 0 Å². The lowest BCUT2D eigenvalue weighted by Gasteiger charge is -2.10. The number of hydrogen-bond donors (Lipinski definition) is 1. The molecule has 0 spiro atoms. The molecule has 0 aliphatic carbocycles. The summed E-state index contributed by atoms with van der Waals surface area (Å²) < 4.78 is 3.06. The molecule has 1 N–H and O–H groups in total. The van der Waals surface area contributed by atoms with E-state index in [0.717, 1.165) is 30.0 Å². The van der Waals surface area contributed by atoms with Crippen molar-refractivity contribution in [3.8, 4) is 0 Å². The Hall–Kier alpha value is 0.480. The summed E-state index contributed by atoms with van der Waals surface area (Å²) in [5.74, 6) is 1.65. The third kappa shape index (κ3) is 3.52. The van der Waals surface area contributed by atoms with Gasteiger partial charge in [0.25, 0.3) is 0 Å². The zero-order valence-corrected chi connectivity index (χ0v) is 15.6. The summed E-state index contributed by atoms with van der Waals surface area (Å²) in [4.78, 5) is 4.70. The normalized spacial score (nSPS) is 19.2. The van der Waals surface area contributed by atoms with Crippen LogP contribution in [0.5, 0.6) is 0 Å². The molecule has 6 heteroatoms. The Kier molecular flexibility index (Phi) is 5.20. The topological polar surface area (TPSA) is 24.4 Å². The van der Waals surface area contributed by atoms with Crippen molar-refractivity contribution in [3.05, 3.63) is 25.6 Å². The van der Waals surface area contributed by atoms with E-state index in [0.29, 0.717) is 12.0 Å². The van der Waals surface area contributed by atoms with Crippen molar-refractivity contribution in [2.45, 2.75) is 19.9 Å². The first-order chi connectivity index (χ1) is 8.47. The Morgan fingerprint density at radius 1 is 1.28 bits per heavy atom. The molecular formula is C12H13Br3N2S. The fraction of sp³-hybridized carbons (Fsp3) is 0.417. The van der Waals surface area contributed by atoms with E-state index >= 15 is 0 Å². The molecule has 1 aliphatic rings. The largest absolute Gasteiger partial charge is 0.333 e. The van der Waals surface area contributed by atoms with E-state index in [1.807, 2.05) is 12.1 Å². The molecule has 0 saturated carbocycles. The molecule has 1 aliphatic heterocycles. The highest BCUT2D eigenvalue weighted by atomic mass is 79.9. The minimum atomic E-state index is 0.422. The van der Waals surface area contributed by atoms with E-state index in [1.165, 1.54) is 0 Å². The summed E-state index contributed by atoms with van der Waals surface area (Å²) in [6.07, 6.45) is 0. The highest BCUT2D eigenvalue weighted by molar-refractivity contribution is 9.11. The van der Waals surface area contributed by atoms with Gasteiger partial charge in [-0.05, 0) is 49.9 Å². The molecule has 18 heavy (non-hydrogen) atoms. The molecule has 0 radical (unpaired) electrons. The van der Waals surface area contributed by atoms with Gasteiger partial charge in [0, 0.05) is 19.2 Å². The van der Waals surface area contributed by atoms with Gasteiger partial charge < -0.3 is 5.32 Å². The highest BCUT2D eigenvalue weighted by Gasteiger charge is 2.22. The maximum absolute atomic E-state index is 4.70. The van der Waals surface area contributed by atoms with Crippen LogP contribution in [0.15, 0.2) is 30.5 Å². The average Bonchev–Trinajstić information content (AvgIpc) is 2.71. The second kappa shape index (κ2) is 6.29. The minimum Gasteiger partial charge on any atom is -0.333 e. The van der Waals surface area contributed by atoms with Crippen LogP contribution in [-0.4, -0.2) is 17.0 Å². The molecule has 1 unspecified atom stereocenters. The van der Waals surface area contributed by atoms with Crippen molar-refractivity contribution in [1.29, 1.82) is 0 Å². The Bertz CT molecular complexity index is 465. The molecule has 0 aromatic heterocycles. The van der Waals surface area contributed by atoms with E-state index in [4.69, 9.17) is 4.99 Å². The number of amidine groups is 1. The van der Waals surface area contributed by atoms with E-state index < -0.39 is 0 Å². The first-order valence-corrected chi connectivity index (χ1v) is 8.96. The first kappa shape index (κ1) is 14.9. The van der Waals surface area contributed by atoms with Crippen LogP contribution in [0.2, 0.25) is 0 Å². The fourth-order valence-corrected chi connectivity index (χ4v) is 5.20. The lowest BCUT2D eigenvalue weighted by atomic mass is 10.1.